The number of nitrogens with zero attached hydrogens (tertiary/aromatic N) is 1. The molecule has 1 aliphatic heterocycles. The summed E-state index contributed by atoms with van der Waals surface area (Å²) in [5.41, 5.74) is 0. The Kier molecular flexibility index (Phi) is 4.39. The smallest absolute Gasteiger partial charge is 0.0618 e. The standard InChI is InChI=1S/C11H21NO.CH4/c1-12-10(8-13-2)7-9-5-3-4-6-11(9)12;/h9-11H,3-8H2,1-2H3;1H4/t9-,10?,11?;/m0./s1. The monoisotopic (exact) mass is 199 g/mol. The molecule has 84 valence electrons. The molecule has 2 fully saturated rings. The Labute approximate surface area is 88.6 Å². The summed E-state index contributed by atoms with van der Waals surface area (Å²) in [6.07, 6.45) is 7.13. The van der Waals surface area contributed by atoms with E-state index < -0.39 is 0 Å². The van der Waals surface area contributed by atoms with E-state index in [0.717, 1.165) is 18.6 Å². The third kappa shape index (κ3) is 2.12. The predicted octanol–water partition coefficient (Wildman–Crippen LogP) is 2.53. The van der Waals surface area contributed by atoms with Crippen molar-refractivity contribution in [3.8, 4) is 0 Å². The van der Waals surface area contributed by atoms with Crippen LogP contribution in [0.3, 0.4) is 0 Å². The van der Waals surface area contributed by atoms with Crippen molar-refractivity contribution in [1.29, 1.82) is 0 Å². The Hall–Kier alpha value is -0.0800. The Morgan fingerprint density at radius 1 is 1.29 bits per heavy atom. The van der Waals surface area contributed by atoms with Crippen molar-refractivity contribution < 1.29 is 4.74 Å². The van der Waals surface area contributed by atoms with E-state index in [9.17, 15) is 0 Å². The van der Waals surface area contributed by atoms with Crippen molar-refractivity contribution in [1.82, 2.24) is 4.90 Å². The molecule has 0 aromatic rings. The lowest BCUT2D eigenvalue weighted by Gasteiger charge is -2.30. The third-order valence-electron chi connectivity index (χ3n) is 3.90. The molecule has 0 aromatic heterocycles. The molecule has 0 bridgehead atoms. The molecule has 0 aromatic carbocycles. The fourth-order valence-electron chi connectivity index (χ4n) is 3.16. The quantitative estimate of drug-likeness (QED) is 0.677. The number of hydrogen-bond acceptors (Lipinski definition) is 2. The molecule has 1 saturated carbocycles. The van der Waals surface area contributed by atoms with Gasteiger partial charge in [0.25, 0.3) is 0 Å². The Bertz CT molecular complexity index is 172. The van der Waals surface area contributed by atoms with Crippen LogP contribution in [0.2, 0.25) is 0 Å². The second-order valence-electron chi connectivity index (χ2n) is 4.62. The van der Waals surface area contributed by atoms with Crippen LogP contribution in [0.25, 0.3) is 0 Å². The van der Waals surface area contributed by atoms with E-state index in [1.165, 1.54) is 32.1 Å². The van der Waals surface area contributed by atoms with Gasteiger partial charge in [-0.1, -0.05) is 20.3 Å². The van der Waals surface area contributed by atoms with Gasteiger partial charge in [0, 0.05) is 19.2 Å². The molecule has 0 radical (unpaired) electrons. The molecule has 1 heterocycles. The highest BCUT2D eigenvalue weighted by atomic mass is 16.5. The number of likely N-dealkylation sites (tertiary alicyclic amines) is 1. The van der Waals surface area contributed by atoms with Crippen molar-refractivity contribution in [2.75, 3.05) is 20.8 Å². The number of likely N-dealkylation sites (N-methyl/N-ethyl adjacent to an activating group) is 1. The van der Waals surface area contributed by atoms with Crippen molar-refractivity contribution in [2.45, 2.75) is 51.6 Å². The van der Waals surface area contributed by atoms with Crippen LogP contribution in [0.5, 0.6) is 0 Å². The first-order chi connectivity index (χ1) is 6.33. The molecule has 2 unspecified atom stereocenters. The number of hydrogen-bond donors (Lipinski definition) is 0. The molecule has 2 aliphatic rings. The Morgan fingerprint density at radius 3 is 2.64 bits per heavy atom. The molecule has 1 aliphatic carbocycles. The minimum Gasteiger partial charge on any atom is -0.383 e. The largest absolute Gasteiger partial charge is 0.383 e. The van der Waals surface area contributed by atoms with E-state index in [2.05, 4.69) is 11.9 Å². The van der Waals surface area contributed by atoms with Gasteiger partial charge in [-0.3, -0.25) is 4.90 Å². The van der Waals surface area contributed by atoms with Gasteiger partial charge in [-0.05, 0) is 32.2 Å². The van der Waals surface area contributed by atoms with Gasteiger partial charge in [0.1, 0.15) is 0 Å². The van der Waals surface area contributed by atoms with Gasteiger partial charge in [-0.2, -0.15) is 0 Å². The van der Waals surface area contributed by atoms with Gasteiger partial charge in [0.2, 0.25) is 0 Å². The molecule has 2 rings (SSSR count). The number of fused-ring (bicyclic) bond motifs is 1. The second kappa shape index (κ2) is 5.13. The van der Waals surface area contributed by atoms with Gasteiger partial charge in [0.15, 0.2) is 0 Å². The zero-order chi connectivity index (χ0) is 9.26. The number of methoxy groups -OCH3 is 1. The molecule has 14 heavy (non-hydrogen) atoms. The maximum atomic E-state index is 5.26. The zero-order valence-corrected chi connectivity index (χ0v) is 8.83. The summed E-state index contributed by atoms with van der Waals surface area (Å²) >= 11 is 0. The van der Waals surface area contributed by atoms with Crippen molar-refractivity contribution in [3.05, 3.63) is 0 Å². The SMILES string of the molecule is C.COCC1C[C@@H]2CCCCC2N1C. The molecule has 0 amide bonds. The van der Waals surface area contributed by atoms with Gasteiger partial charge in [0.05, 0.1) is 6.61 Å². The summed E-state index contributed by atoms with van der Waals surface area (Å²) in [7, 11) is 4.09. The zero-order valence-electron chi connectivity index (χ0n) is 8.83. The van der Waals surface area contributed by atoms with E-state index in [0.29, 0.717) is 6.04 Å². The molecular weight excluding hydrogens is 174 g/mol. The minimum absolute atomic E-state index is 0. The fraction of sp³-hybridized carbons (Fsp3) is 1.00. The Balaban J connectivity index is 0.000000980. The van der Waals surface area contributed by atoms with Crippen LogP contribution >= 0.6 is 0 Å². The average Bonchev–Trinajstić information content (AvgIpc) is 2.46. The van der Waals surface area contributed by atoms with Gasteiger partial charge >= 0.3 is 0 Å². The van der Waals surface area contributed by atoms with Gasteiger partial charge < -0.3 is 4.74 Å². The fourth-order valence-corrected chi connectivity index (χ4v) is 3.16. The lowest BCUT2D eigenvalue weighted by molar-refractivity contribution is 0.107. The van der Waals surface area contributed by atoms with Crippen LogP contribution in [0.4, 0.5) is 0 Å². The minimum atomic E-state index is 0. The Morgan fingerprint density at radius 2 is 2.00 bits per heavy atom. The third-order valence-corrected chi connectivity index (χ3v) is 3.90. The molecule has 3 atom stereocenters. The van der Waals surface area contributed by atoms with Gasteiger partial charge in [-0.15, -0.1) is 0 Å². The molecule has 2 heteroatoms. The molecule has 1 saturated heterocycles. The lowest BCUT2D eigenvalue weighted by Crippen LogP contribution is -2.37. The summed E-state index contributed by atoms with van der Waals surface area (Å²) < 4.78 is 5.26. The van der Waals surface area contributed by atoms with Gasteiger partial charge in [-0.25, -0.2) is 0 Å². The summed E-state index contributed by atoms with van der Waals surface area (Å²) in [6.45, 7) is 0.920. The highest BCUT2D eigenvalue weighted by Crippen LogP contribution is 2.38. The molecule has 0 N–H and O–H groups in total. The van der Waals surface area contributed by atoms with E-state index in [1.807, 2.05) is 7.11 Å². The summed E-state index contributed by atoms with van der Waals surface area (Å²) in [5, 5.41) is 0. The van der Waals surface area contributed by atoms with E-state index >= 15 is 0 Å². The normalized spacial score (nSPS) is 37.7. The van der Waals surface area contributed by atoms with E-state index in [1.54, 1.807) is 0 Å². The first-order valence-electron chi connectivity index (χ1n) is 5.54. The van der Waals surface area contributed by atoms with Crippen LogP contribution in [0, 0.1) is 5.92 Å². The second-order valence-corrected chi connectivity index (χ2v) is 4.62. The maximum Gasteiger partial charge on any atom is 0.0618 e. The summed E-state index contributed by atoms with van der Waals surface area (Å²) in [5.74, 6) is 0.971. The maximum absolute atomic E-state index is 5.26. The highest BCUT2D eigenvalue weighted by molar-refractivity contribution is 4.93. The van der Waals surface area contributed by atoms with Crippen molar-refractivity contribution in [3.63, 3.8) is 0 Å². The first kappa shape index (κ1) is 12.0. The molecule has 2 nitrogen and oxygen atoms in total. The van der Waals surface area contributed by atoms with Crippen LogP contribution in [-0.4, -0.2) is 37.7 Å². The van der Waals surface area contributed by atoms with Crippen LogP contribution in [-0.2, 0) is 4.74 Å². The molecule has 0 spiro atoms. The number of ether oxygens (including phenoxy) is 1. The summed E-state index contributed by atoms with van der Waals surface area (Å²) in [6, 6.07) is 1.56. The van der Waals surface area contributed by atoms with Crippen LogP contribution in [0.1, 0.15) is 39.5 Å². The van der Waals surface area contributed by atoms with Crippen molar-refractivity contribution >= 4 is 0 Å². The topological polar surface area (TPSA) is 12.5 Å². The number of rotatable bonds is 2. The predicted molar refractivity (Wildman–Crippen MR) is 60.5 cm³/mol. The first-order valence-corrected chi connectivity index (χ1v) is 5.54. The van der Waals surface area contributed by atoms with E-state index in [4.69, 9.17) is 4.74 Å². The van der Waals surface area contributed by atoms with Crippen LogP contribution in [0.15, 0.2) is 0 Å². The lowest BCUT2D eigenvalue weighted by atomic mass is 9.85. The highest BCUT2D eigenvalue weighted by Gasteiger charge is 2.39. The van der Waals surface area contributed by atoms with Crippen LogP contribution < -0.4 is 0 Å². The average molecular weight is 199 g/mol. The molecular formula is C12H25NO. The van der Waals surface area contributed by atoms with E-state index in [-0.39, 0.29) is 7.43 Å². The summed E-state index contributed by atoms with van der Waals surface area (Å²) in [4.78, 5) is 2.56. The van der Waals surface area contributed by atoms with Crippen molar-refractivity contribution in [2.24, 2.45) is 5.92 Å².